The Hall–Kier alpha value is 0.920. The average Bonchev–Trinajstić information content (AvgIpc) is 2.35. The van der Waals surface area contributed by atoms with Crippen molar-refractivity contribution in [3.63, 3.8) is 0 Å². The molecule has 0 saturated carbocycles. The van der Waals surface area contributed by atoms with E-state index in [9.17, 15) is 0 Å². The number of ether oxygens (including phenoxy) is 1. The number of unbranched alkanes of at least 4 members (excludes halogenated alkanes) is 2. The average molecular weight is 295 g/mol. The molecule has 102 valence electrons. The van der Waals surface area contributed by atoms with E-state index in [1.165, 1.54) is 38.0 Å². The third kappa shape index (κ3) is 6.58. The first-order valence-electron chi connectivity index (χ1n) is 6.80. The second kappa shape index (κ2) is 8.92. The predicted octanol–water partition coefficient (Wildman–Crippen LogP) is 3.96. The van der Waals surface area contributed by atoms with Gasteiger partial charge in [-0.2, -0.15) is 0 Å². The molecule has 0 atom stereocenters. The zero-order valence-electron chi connectivity index (χ0n) is 11.2. The van der Waals surface area contributed by atoms with Gasteiger partial charge in [-0.3, -0.25) is 0 Å². The lowest BCUT2D eigenvalue weighted by molar-refractivity contribution is 0.0779. The first-order chi connectivity index (χ1) is 8.20. The highest BCUT2D eigenvalue weighted by atomic mass is 32.9. The summed E-state index contributed by atoms with van der Waals surface area (Å²) in [7, 11) is 0. The van der Waals surface area contributed by atoms with E-state index in [1.807, 2.05) is 11.6 Å². The van der Waals surface area contributed by atoms with Gasteiger partial charge in [0.05, 0.1) is 13.2 Å². The molecule has 1 fully saturated rings. The summed E-state index contributed by atoms with van der Waals surface area (Å²) in [6.45, 7) is 8.40. The Labute approximate surface area is 116 Å². The highest BCUT2D eigenvalue weighted by Gasteiger charge is 2.22. The topological polar surface area (TPSA) is 12.5 Å². The van der Waals surface area contributed by atoms with Crippen LogP contribution in [0.2, 0.25) is 0 Å². The normalized spacial score (nSPS) is 18.5. The quantitative estimate of drug-likeness (QED) is 0.496. The van der Waals surface area contributed by atoms with Crippen molar-refractivity contribution in [1.82, 2.24) is 4.31 Å². The highest BCUT2D eigenvalue weighted by molar-refractivity contribution is 8.70. The minimum atomic E-state index is -1.20. The summed E-state index contributed by atoms with van der Waals surface area (Å²) in [6, 6.07) is 0. The first kappa shape index (κ1) is 16.0. The molecule has 2 nitrogen and oxygen atoms in total. The van der Waals surface area contributed by atoms with Gasteiger partial charge in [0.2, 0.25) is 0 Å². The Morgan fingerprint density at radius 3 is 2.12 bits per heavy atom. The highest BCUT2D eigenvalue weighted by Crippen LogP contribution is 2.61. The number of hydrogen-bond donors (Lipinski definition) is 0. The van der Waals surface area contributed by atoms with Crippen LogP contribution in [-0.2, 0) is 16.5 Å². The lowest BCUT2D eigenvalue weighted by Crippen LogP contribution is -2.31. The summed E-state index contributed by atoms with van der Waals surface area (Å²) in [5, 5.41) is -1.20. The van der Waals surface area contributed by atoms with Crippen LogP contribution in [0.25, 0.3) is 0 Å². The molecule has 17 heavy (non-hydrogen) atoms. The minimum Gasteiger partial charge on any atom is -0.379 e. The maximum Gasteiger partial charge on any atom is 0.0603 e. The molecule has 0 bridgehead atoms. The molecule has 0 aliphatic carbocycles. The summed E-state index contributed by atoms with van der Waals surface area (Å²) < 4.78 is 7.87. The van der Waals surface area contributed by atoms with Crippen LogP contribution < -0.4 is 0 Å². The zero-order valence-corrected chi connectivity index (χ0v) is 13.7. The molecular weight excluding hydrogens is 269 g/mol. The van der Waals surface area contributed by atoms with Gasteiger partial charge in [-0.05, 0) is 36.7 Å². The minimum absolute atomic E-state index is 0.879. The molecular formula is C12H26NOPS2. The lowest BCUT2D eigenvalue weighted by Gasteiger charge is -2.31. The van der Waals surface area contributed by atoms with E-state index in [2.05, 4.69) is 18.2 Å². The van der Waals surface area contributed by atoms with Crippen molar-refractivity contribution in [3.05, 3.63) is 0 Å². The van der Waals surface area contributed by atoms with Crippen LogP contribution in [0.1, 0.15) is 39.5 Å². The van der Waals surface area contributed by atoms with Gasteiger partial charge in [0.1, 0.15) is 0 Å². The van der Waals surface area contributed by atoms with Gasteiger partial charge in [0, 0.05) is 18.3 Å². The third-order valence-corrected chi connectivity index (χ3v) is 10.2. The first-order valence-corrected chi connectivity index (χ1v) is 11.4. The van der Waals surface area contributed by atoms with Crippen LogP contribution in [0.4, 0.5) is 0 Å². The number of hydrogen-bond acceptors (Lipinski definition) is 4. The number of morpholine rings is 1. The Kier molecular flexibility index (Phi) is 8.39. The van der Waals surface area contributed by atoms with Crippen LogP contribution in [-0.4, -0.2) is 42.9 Å². The van der Waals surface area contributed by atoms with Crippen molar-refractivity contribution in [3.8, 4) is 0 Å². The molecule has 0 radical (unpaired) electrons. The molecule has 1 saturated heterocycles. The summed E-state index contributed by atoms with van der Waals surface area (Å²) >= 11 is 8.03. The Morgan fingerprint density at radius 1 is 1.12 bits per heavy atom. The molecule has 1 aliphatic heterocycles. The van der Waals surface area contributed by atoms with Crippen molar-refractivity contribution in [1.29, 1.82) is 0 Å². The van der Waals surface area contributed by atoms with Crippen molar-refractivity contribution in [2.24, 2.45) is 0 Å². The summed E-state index contributed by atoms with van der Waals surface area (Å²) in [5.41, 5.74) is 0. The van der Waals surface area contributed by atoms with Crippen LogP contribution in [0.5, 0.6) is 0 Å². The Morgan fingerprint density at radius 2 is 1.65 bits per heavy atom. The van der Waals surface area contributed by atoms with E-state index in [-0.39, 0.29) is 0 Å². The maximum absolute atomic E-state index is 6.01. The van der Waals surface area contributed by atoms with Gasteiger partial charge >= 0.3 is 0 Å². The Bertz CT molecular complexity index is 233. The van der Waals surface area contributed by atoms with Crippen LogP contribution in [0.15, 0.2) is 0 Å². The Balaban J connectivity index is 2.45. The maximum atomic E-state index is 6.01. The fraction of sp³-hybridized carbons (Fsp3) is 1.00. The summed E-state index contributed by atoms with van der Waals surface area (Å²) in [4.78, 5) is 0. The molecule has 5 heteroatoms. The zero-order chi connectivity index (χ0) is 12.6. The van der Waals surface area contributed by atoms with Crippen LogP contribution >= 0.6 is 16.8 Å². The number of rotatable bonds is 8. The second-order valence-corrected chi connectivity index (χ2v) is 13.2. The van der Waals surface area contributed by atoms with E-state index in [0.717, 1.165) is 26.3 Å². The summed E-state index contributed by atoms with van der Waals surface area (Å²) in [6.07, 6.45) is 7.71. The fourth-order valence-corrected chi connectivity index (χ4v) is 9.19. The SMILES string of the molecule is CCCCP(=S)(CCCC)SN1CCOCC1. The van der Waals surface area contributed by atoms with Gasteiger partial charge in [0.25, 0.3) is 0 Å². The molecule has 0 aromatic rings. The van der Waals surface area contributed by atoms with Crippen molar-refractivity contribution in [2.75, 3.05) is 38.6 Å². The molecule has 0 spiro atoms. The molecule has 1 heterocycles. The van der Waals surface area contributed by atoms with Gasteiger partial charge in [-0.1, -0.05) is 38.5 Å². The van der Waals surface area contributed by atoms with E-state index < -0.39 is 5.24 Å². The monoisotopic (exact) mass is 295 g/mol. The molecule has 0 aromatic heterocycles. The van der Waals surface area contributed by atoms with Gasteiger partial charge in [-0.25, -0.2) is 4.31 Å². The summed E-state index contributed by atoms with van der Waals surface area (Å²) in [5.74, 6) is 0. The fourth-order valence-electron chi connectivity index (χ4n) is 1.83. The van der Waals surface area contributed by atoms with E-state index in [0.29, 0.717) is 0 Å². The largest absolute Gasteiger partial charge is 0.379 e. The van der Waals surface area contributed by atoms with Crippen LogP contribution in [0.3, 0.4) is 0 Å². The molecule has 0 aromatic carbocycles. The molecule has 0 N–H and O–H groups in total. The van der Waals surface area contributed by atoms with Gasteiger partial charge < -0.3 is 4.74 Å². The van der Waals surface area contributed by atoms with E-state index in [1.54, 1.807) is 0 Å². The molecule has 1 rings (SSSR count). The molecule has 0 unspecified atom stereocenters. The van der Waals surface area contributed by atoms with Gasteiger partial charge in [-0.15, -0.1) is 0 Å². The predicted molar refractivity (Wildman–Crippen MR) is 83.8 cm³/mol. The van der Waals surface area contributed by atoms with E-state index in [4.69, 9.17) is 16.5 Å². The molecule has 1 aliphatic rings. The van der Waals surface area contributed by atoms with Gasteiger partial charge in [0.15, 0.2) is 0 Å². The van der Waals surface area contributed by atoms with Crippen molar-refractivity contribution >= 4 is 28.6 Å². The third-order valence-electron chi connectivity index (χ3n) is 2.94. The van der Waals surface area contributed by atoms with Crippen molar-refractivity contribution in [2.45, 2.75) is 39.5 Å². The van der Waals surface area contributed by atoms with E-state index >= 15 is 0 Å². The second-order valence-electron chi connectivity index (χ2n) is 4.59. The standard InChI is InChI=1S/C12H26NOPS2/c1-3-5-11-15(16,12-6-4-2)17-13-7-9-14-10-8-13/h3-12H2,1-2H3. The van der Waals surface area contributed by atoms with Crippen LogP contribution in [0, 0.1) is 0 Å². The van der Waals surface area contributed by atoms with Crippen molar-refractivity contribution < 1.29 is 4.74 Å². The lowest BCUT2D eigenvalue weighted by atomic mass is 10.4. The molecule has 0 amide bonds. The number of nitrogens with zero attached hydrogens (tertiary/aromatic N) is 1. The smallest absolute Gasteiger partial charge is 0.0603 e.